The molecule has 0 aliphatic carbocycles. The molecule has 0 saturated heterocycles. The van der Waals surface area contributed by atoms with Crippen molar-refractivity contribution in [3.63, 3.8) is 0 Å². The average Bonchev–Trinajstić information content (AvgIpc) is 2.00. The van der Waals surface area contributed by atoms with Crippen LogP contribution in [0.3, 0.4) is 0 Å². The highest BCUT2D eigenvalue weighted by molar-refractivity contribution is 7.81. The van der Waals surface area contributed by atoms with Crippen LogP contribution in [-0.2, 0) is 0 Å². The van der Waals surface area contributed by atoms with Gasteiger partial charge in [0.05, 0.1) is 0 Å². The molecule has 2 unspecified atom stereocenters. The van der Waals surface area contributed by atoms with Gasteiger partial charge in [0.2, 0.25) is 0 Å². The zero-order valence-electron chi connectivity index (χ0n) is 7.77. The average molecular weight is 202 g/mol. The van der Waals surface area contributed by atoms with Crippen molar-refractivity contribution < 1.29 is 0 Å². The molecule has 0 aromatic carbocycles. The van der Waals surface area contributed by atoms with Crippen LogP contribution in [0.4, 0.5) is 0 Å². The van der Waals surface area contributed by atoms with Crippen molar-refractivity contribution in [1.29, 1.82) is 0 Å². The van der Waals surface area contributed by atoms with Crippen LogP contribution < -0.4 is 0 Å². The molecule has 0 aliphatic heterocycles. The Balaban J connectivity index is 3.56. The Morgan fingerprint density at radius 1 is 1.17 bits per heavy atom. The molecule has 0 nitrogen and oxygen atoms in total. The molecule has 0 bridgehead atoms. The van der Waals surface area contributed by atoms with Gasteiger partial charge in [0.15, 0.2) is 0 Å². The van der Waals surface area contributed by atoms with Crippen LogP contribution in [-0.4, -0.2) is 10.5 Å². The number of thiol groups is 2. The van der Waals surface area contributed by atoms with Gasteiger partial charge in [-0.25, -0.2) is 0 Å². The van der Waals surface area contributed by atoms with E-state index in [0.717, 1.165) is 12.8 Å². The Bertz CT molecular complexity index is 148. The van der Waals surface area contributed by atoms with Gasteiger partial charge >= 0.3 is 0 Å². The summed E-state index contributed by atoms with van der Waals surface area (Å²) in [6.45, 7) is 4.18. The zero-order chi connectivity index (χ0) is 9.40. The second kappa shape index (κ2) is 7.81. The first-order valence-electron chi connectivity index (χ1n) is 4.36. The van der Waals surface area contributed by atoms with Gasteiger partial charge in [0, 0.05) is 10.5 Å². The normalized spacial score (nSPS) is 17.3. The van der Waals surface area contributed by atoms with Crippen molar-refractivity contribution in [3.05, 3.63) is 24.3 Å². The van der Waals surface area contributed by atoms with E-state index in [0.29, 0.717) is 10.5 Å². The Kier molecular flexibility index (Phi) is 7.93. The molecule has 0 aliphatic rings. The number of hydrogen-bond acceptors (Lipinski definition) is 2. The SMILES string of the molecule is CCC=CC(S)CC=CC(C)S. The molecular formula is C10H18S2. The van der Waals surface area contributed by atoms with Crippen LogP contribution in [0, 0.1) is 0 Å². The van der Waals surface area contributed by atoms with Gasteiger partial charge in [-0.05, 0) is 12.8 Å². The molecule has 0 heterocycles. The van der Waals surface area contributed by atoms with E-state index in [2.05, 4.69) is 63.4 Å². The first kappa shape index (κ1) is 12.2. The maximum absolute atomic E-state index is 4.40. The molecule has 0 N–H and O–H groups in total. The van der Waals surface area contributed by atoms with E-state index in [4.69, 9.17) is 0 Å². The fourth-order valence-corrected chi connectivity index (χ4v) is 1.15. The van der Waals surface area contributed by atoms with E-state index in [1.807, 2.05) is 0 Å². The smallest absolute Gasteiger partial charge is 0.0231 e. The molecule has 0 amide bonds. The summed E-state index contributed by atoms with van der Waals surface area (Å²) in [4.78, 5) is 0. The molecule has 0 saturated carbocycles. The van der Waals surface area contributed by atoms with Crippen LogP contribution in [0.1, 0.15) is 26.7 Å². The number of hydrogen-bond donors (Lipinski definition) is 2. The van der Waals surface area contributed by atoms with Crippen molar-refractivity contribution in [1.82, 2.24) is 0 Å². The van der Waals surface area contributed by atoms with Crippen LogP contribution >= 0.6 is 25.3 Å². The summed E-state index contributed by atoms with van der Waals surface area (Å²) in [5.74, 6) is 0. The molecule has 2 atom stereocenters. The first-order chi connectivity index (χ1) is 5.66. The molecule has 12 heavy (non-hydrogen) atoms. The van der Waals surface area contributed by atoms with Gasteiger partial charge in [-0.3, -0.25) is 0 Å². The summed E-state index contributed by atoms with van der Waals surface area (Å²) in [5.41, 5.74) is 0. The largest absolute Gasteiger partial charge is 0.172 e. The minimum atomic E-state index is 0.348. The lowest BCUT2D eigenvalue weighted by molar-refractivity contribution is 1.05. The fourth-order valence-electron chi connectivity index (χ4n) is 0.787. The Labute approximate surface area is 87.0 Å². The van der Waals surface area contributed by atoms with Gasteiger partial charge in [-0.1, -0.05) is 38.2 Å². The Hall–Kier alpha value is 0.180. The van der Waals surface area contributed by atoms with Gasteiger partial charge in [-0.15, -0.1) is 0 Å². The van der Waals surface area contributed by atoms with E-state index < -0.39 is 0 Å². The van der Waals surface area contributed by atoms with Crippen molar-refractivity contribution in [2.24, 2.45) is 0 Å². The second-order valence-electron chi connectivity index (χ2n) is 2.81. The highest BCUT2D eigenvalue weighted by atomic mass is 32.1. The van der Waals surface area contributed by atoms with E-state index in [1.165, 1.54) is 0 Å². The lowest BCUT2D eigenvalue weighted by Gasteiger charge is -2.00. The minimum Gasteiger partial charge on any atom is -0.172 e. The molecule has 0 fully saturated rings. The van der Waals surface area contributed by atoms with E-state index >= 15 is 0 Å². The van der Waals surface area contributed by atoms with E-state index in [-0.39, 0.29) is 0 Å². The molecule has 0 aromatic heterocycles. The molecular weight excluding hydrogens is 184 g/mol. The summed E-state index contributed by atoms with van der Waals surface area (Å²) in [5, 5.41) is 0.703. The van der Waals surface area contributed by atoms with Crippen LogP contribution in [0.5, 0.6) is 0 Å². The molecule has 0 aromatic rings. The third-order valence-corrected chi connectivity index (χ3v) is 1.94. The molecule has 0 rings (SSSR count). The zero-order valence-corrected chi connectivity index (χ0v) is 9.56. The van der Waals surface area contributed by atoms with Gasteiger partial charge in [0.25, 0.3) is 0 Å². The first-order valence-corrected chi connectivity index (χ1v) is 5.39. The summed E-state index contributed by atoms with van der Waals surface area (Å²) in [6.07, 6.45) is 10.6. The van der Waals surface area contributed by atoms with Gasteiger partial charge in [0.1, 0.15) is 0 Å². The summed E-state index contributed by atoms with van der Waals surface area (Å²) < 4.78 is 0. The quantitative estimate of drug-likeness (QED) is 0.495. The molecule has 2 heteroatoms. The summed E-state index contributed by atoms with van der Waals surface area (Å²) >= 11 is 8.64. The topological polar surface area (TPSA) is 0 Å². The summed E-state index contributed by atoms with van der Waals surface area (Å²) in [6, 6.07) is 0. The van der Waals surface area contributed by atoms with Crippen LogP contribution in [0.15, 0.2) is 24.3 Å². The fraction of sp³-hybridized carbons (Fsp3) is 0.600. The lowest BCUT2D eigenvalue weighted by Crippen LogP contribution is -1.91. The highest BCUT2D eigenvalue weighted by Gasteiger charge is 1.93. The van der Waals surface area contributed by atoms with Crippen molar-refractivity contribution in [2.75, 3.05) is 0 Å². The van der Waals surface area contributed by atoms with Crippen LogP contribution in [0.25, 0.3) is 0 Å². The van der Waals surface area contributed by atoms with Crippen molar-refractivity contribution >= 4 is 25.3 Å². The third kappa shape index (κ3) is 8.28. The standard InChI is InChI=1S/C10H18S2/c1-3-4-7-10(12)8-5-6-9(2)11/h4-7,9-12H,3,8H2,1-2H3. The second-order valence-corrected chi connectivity index (χ2v) is 4.29. The highest BCUT2D eigenvalue weighted by Crippen LogP contribution is 2.06. The number of allylic oxidation sites excluding steroid dienone is 2. The lowest BCUT2D eigenvalue weighted by atomic mass is 10.2. The van der Waals surface area contributed by atoms with E-state index in [1.54, 1.807) is 0 Å². The minimum absolute atomic E-state index is 0.348. The number of rotatable bonds is 5. The molecule has 70 valence electrons. The Morgan fingerprint density at radius 3 is 2.33 bits per heavy atom. The molecule has 0 spiro atoms. The maximum atomic E-state index is 4.40. The monoisotopic (exact) mass is 202 g/mol. The van der Waals surface area contributed by atoms with Gasteiger partial charge in [-0.2, -0.15) is 25.3 Å². The molecule has 0 radical (unpaired) electrons. The predicted molar refractivity (Wildman–Crippen MR) is 64.4 cm³/mol. The third-order valence-electron chi connectivity index (χ3n) is 1.39. The van der Waals surface area contributed by atoms with Crippen molar-refractivity contribution in [3.8, 4) is 0 Å². The van der Waals surface area contributed by atoms with E-state index in [9.17, 15) is 0 Å². The van der Waals surface area contributed by atoms with Crippen molar-refractivity contribution in [2.45, 2.75) is 37.2 Å². The van der Waals surface area contributed by atoms with Crippen LogP contribution in [0.2, 0.25) is 0 Å². The Morgan fingerprint density at radius 2 is 1.83 bits per heavy atom. The van der Waals surface area contributed by atoms with Gasteiger partial charge < -0.3 is 0 Å². The maximum Gasteiger partial charge on any atom is 0.0231 e. The predicted octanol–water partition coefficient (Wildman–Crippen LogP) is 3.52. The summed E-state index contributed by atoms with van der Waals surface area (Å²) in [7, 11) is 0.